The van der Waals surface area contributed by atoms with E-state index in [1.165, 1.54) is 27.9 Å². The van der Waals surface area contributed by atoms with Crippen molar-refractivity contribution in [3.8, 4) is 0 Å². The van der Waals surface area contributed by atoms with Crippen molar-refractivity contribution in [2.45, 2.75) is 51.4 Å². The number of nitrogens with one attached hydrogen (secondary N) is 2. The number of hydrogen-bond acceptors (Lipinski definition) is 9. The zero-order valence-corrected chi connectivity index (χ0v) is 16.1. The van der Waals surface area contributed by atoms with E-state index in [0.717, 1.165) is 0 Å². The molecule has 1 aliphatic heterocycles. The van der Waals surface area contributed by atoms with E-state index in [9.17, 15) is 14.4 Å². The van der Waals surface area contributed by atoms with Crippen molar-refractivity contribution in [1.82, 2.24) is 10.6 Å². The van der Waals surface area contributed by atoms with Gasteiger partial charge in [-0.3, -0.25) is 14.4 Å². The van der Waals surface area contributed by atoms with Crippen LogP contribution in [-0.4, -0.2) is 74.4 Å². The summed E-state index contributed by atoms with van der Waals surface area (Å²) in [6.45, 7) is 3.44. The molecule has 0 bridgehead atoms. The van der Waals surface area contributed by atoms with Gasteiger partial charge in [-0.2, -0.15) is 0 Å². The van der Waals surface area contributed by atoms with Gasteiger partial charge < -0.3 is 34.3 Å². The van der Waals surface area contributed by atoms with Crippen molar-refractivity contribution >= 4 is 35.2 Å². The third kappa shape index (κ3) is 6.39. The third-order valence-electron chi connectivity index (χ3n) is 3.46. The zero-order chi connectivity index (χ0) is 19.9. The third-order valence-corrected chi connectivity index (χ3v) is 3.78. The molecule has 0 aromatic rings. The first-order valence-electron chi connectivity index (χ1n) is 7.83. The summed E-state index contributed by atoms with van der Waals surface area (Å²) in [6, 6.07) is -0.776. The Morgan fingerprint density at radius 1 is 1.04 bits per heavy atom. The number of ether oxygens (including phenoxy) is 5. The van der Waals surface area contributed by atoms with Gasteiger partial charge in [0.05, 0.1) is 0 Å². The van der Waals surface area contributed by atoms with E-state index < -0.39 is 48.6 Å². The van der Waals surface area contributed by atoms with Gasteiger partial charge in [-0.1, -0.05) is 0 Å². The highest BCUT2D eigenvalue weighted by atomic mass is 32.1. The van der Waals surface area contributed by atoms with Gasteiger partial charge >= 0.3 is 17.9 Å². The molecule has 0 aromatic carbocycles. The molecule has 0 amide bonds. The smallest absolute Gasteiger partial charge is 0.303 e. The number of rotatable bonds is 6. The van der Waals surface area contributed by atoms with E-state index in [4.69, 9.17) is 35.9 Å². The van der Waals surface area contributed by atoms with E-state index in [2.05, 4.69) is 10.6 Å². The average molecular weight is 392 g/mol. The van der Waals surface area contributed by atoms with Crippen molar-refractivity contribution in [3.63, 3.8) is 0 Å². The molecule has 0 radical (unpaired) electrons. The standard InChI is InChI=1S/C15H24N2O8S/c1-7(18)22-6-10-12(23-8(2)19)13(24-9(3)20)11(14(21-5)25-10)17-15(26)16-4/h10-14H,6H2,1-5H3,(H2,16,17,26). The van der Waals surface area contributed by atoms with Crippen LogP contribution < -0.4 is 10.6 Å². The first-order chi connectivity index (χ1) is 12.2. The van der Waals surface area contributed by atoms with Crippen LogP contribution in [0.15, 0.2) is 0 Å². The Balaban J connectivity index is 3.20. The molecule has 11 heteroatoms. The minimum absolute atomic E-state index is 0.214. The summed E-state index contributed by atoms with van der Waals surface area (Å²) in [4.78, 5) is 34.3. The maximum Gasteiger partial charge on any atom is 0.303 e. The fourth-order valence-corrected chi connectivity index (χ4v) is 2.62. The van der Waals surface area contributed by atoms with Crippen molar-refractivity contribution in [1.29, 1.82) is 0 Å². The first-order valence-corrected chi connectivity index (χ1v) is 8.24. The monoisotopic (exact) mass is 392 g/mol. The molecule has 5 atom stereocenters. The number of carbonyl (C=O) groups is 3. The Morgan fingerprint density at radius 3 is 2.08 bits per heavy atom. The Bertz CT molecular complexity index is 544. The molecule has 0 saturated carbocycles. The molecule has 1 fully saturated rings. The molecule has 0 aromatic heterocycles. The highest BCUT2D eigenvalue weighted by molar-refractivity contribution is 7.80. The molecule has 1 saturated heterocycles. The second kappa shape index (κ2) is 10.2. The van der Waals surface area contributed by atoms with Crippen LogP contribution in [0.3, 0.4) is 0 Å². The van der Waals surface area contributed by atoms with Gasteiger partial charge in [0.25, 0.3) is 0 Å². The van der Waals surface area contributed by atoms with Crippen molar-refractivity contribution in [3.05, 3.63) is 0 Å². The van der Waals surface area contributed by atoms with E-state index >= 15 is 0 Å². The molecule has 1 aliphatic rings. The van der Waals surface area contributed by atoms with E-state index in [0.29, 0.717) is 0 Å². The normalized spacial score (nSPS) is 27.8. The second-order valence-corrected chi connectivity index (χ2v) is 5.89. The summed E-state index contributed by atoms with van der Waals surface area (Å²) in [6.07, 6.45) is -3.86. The Labute approximate surface area is 156 Å². The van der Waals surface area contributed by atoms with Gasteiger partial charge in [0.2, 0.25) is 0 Å². The maximum atomic E-state index is 11.6. The van der Waals surface area contributed by atoms with E-state index in [1.807, 2.05) is 0 Å². The van der Waals surface area contributed by atoms with Crippen molar-refractivity contribution in [2.75, 3.05) is 20.8 Å². The average Bonchev–Trinajstić information content (AvgIpc) is 2.55. The van der Waals surface area contributed by atoms with Crippen LogP contribution in [0.1, 0.15) is 20.8 Å². The number of methoxy groups -OCH3 is 1. The van der Waals surface area contributed by atoms with Crippen LogP contribution in [-0.2, 0) is 38.1 Å². The maximum absolute atomic E-state index is 11.6. The van der Waals surface area contributed by atoms with Gasteiger partial charge in [0.15, 0.2) is 23.6 Å². The van der Waals surface area contributed by atoms with Crippen LogP contribution in [0.5, 0.6) is 0 Å². The molecular weight excluding hydrogens is 368 g/mol. The van der Waals surface area contributed by atoms with Crippen LogP contribution in [0.4, 0.5) is 0 Å². The zero-order valence-electron chi connectivity index (χ0n) is 15.3. The van der Waals surface area contributed by atoms with Crippen molar-refractivity contribution < 1.29 is 38.1 Å². The fraction of sp³-hybridized carbons (Fsp3) is 0.733. The summed E-state index contributed by atoms with van der Waals surface area (Å²) in [5.41, 5.74) is 0. The minimum Gasteiger partial charge on any atom is -0.463 e. The first kappa shape index (κ1) is 22.1. The lowest BCUT2D eigenvalue weighted by molar-refractivity contribution is -0.270. The highest BCUT2D eigenvalue weighted by Crippen LogP contribution is 2.27. The van der Waals surface area contributed by atoms with Crippen molar-refractivity contribution in [2.24, 2.45) is 0 Å². The van der Waals surface area contributed by atoms with Gasteiger partial charge in [-0.05, 0) is 12.2 Å². The molecule has 2 N–H and O–H groups in total. The SMILES string of the molecule is CNC(=S)NC1C(OC)OC(COC(C)=O)C(OC(C)=O)C1OC(C)=O. The van der Waals surface area contributed by atoms with Crippen LogP contribution in [0.25, 0.3) is 0 Å². The molecule has 5 unspecified atom stereocenters. The molecule has 10 nitrogen and oxygen atoms in total. The van der Waals surface area contributed by atoms with Gasteiger partial charge in [-0.15, -0.1) is 0 Å². The van der Waals surface area contributed by atoms with Crippen LogP contribution >= 0.6 is 12.2 Å². The molecule has 1 heterocycles. The Hall–Kier alpha value is -1.98. The molecule has 0 spiro atoms. The summed E-state index contributed by atoms with van der Waals surface area (Å²) >= 11 is 5.09. The molecule has 26 heavy (non-hydrogen) atoms. The quantitative estimate of drug-likeness (QED) is 0.337. The van der Waals surface area contributed by atoms with E-state index in [1.54, 1.807) is 7.05 Å². The van der Waals surface area contributed by atoms with Crippen LogP contribution in [0.2, 0.25) is 0 Å². The lowest BCUT2D eigenvalue weighted by Gasteiger charge is -2.44. The molecular formula is C15H24N2O8S. The van der Waals surface area contributed by atoms with Gasteiger partial charge in [0.1, 0.15) is 18.8 Å². The summed E-state index contributed by atoms with van der Waals surface area (Å²) < 4.78 is 26.7. The fourth-order valence-electron chi connectivity index (χ4n) is 2.48. The van der Waals surface area contributed by atoms with Gasteiger partial charge in [0, 0.05) is 34.9 Å². The predicted octanol–water partition coefficient (Wildman–Crippen LogP) is -0.753. The largest absolute Gasteiger partial charge is 0.463 e. The number of thiocarbonyl (C=S) groups is 1. The minimum atomic E-state index is -1.04. The topological polar surface area (TPSA) is 121 Å². The number of hydrogen-bond donors (Lipinski definition) is 2. The highest BCUT2D eigenvalue weighted by Gasteiger charge is 2.50. The van der Waals surface area contributed by atoms with Crippen LogP contribution in [0, 0.1) is 0 Å². The summed E-state index contributed by atoms with van der Waals surface area (Å²) in [5.74, 6) is -1.75. The van der Waals surface area contributed by atoms with E-state index in [-0.39, 0.29) is 11.7 Å². The lowest BCUT2D eigenvalue weighted by Crippen LogP contribution is -2.67. The lowest BCUT2D eigenvalue weighted by atomic mass is 9.96. The summed E-state index contributed by atoms with van der Waals surface area (Å²) in [7, 11) is 3.00. The second-order valence-electron chi connectivity index (χ2n) is 5.48. The number of esters is 3. The predicted molar refractivity (Wildman–Crippen MR) is 92.0 cm³/mol. The Kier molecular flexibility index (Phi) is 8.69. The number of carbonyl (C=O) groups excluding carboxylic acids is 3. The van der Waals surface area contributed by atoms with Gasteiger partial charge in [-0.25, -0.2) is 0 Å². The Morgan fingerprint density at radius 2 is 1.62 bits per heavy atom. The molecule has 148 valence electrons. The molecule has 0 aliphatic carbocycles. The molecule has 1 rings (SSSR count). The summed E-state index contributed by atoms with van der Waals surface area (Å²) in [5, 5.41) is 5.89.